The lowest BCUT2D eigenvalue weighted by molar-refractivity contribution is -0.126. The van der Waals surface area contributed by atoms with E-state index in [-0.39, 0.29) is 24.3 Å². The summed E-state index contributed by atoms with van der Waals surface area (Å²) in [5.74, 6) is 0.437. The summed E-state index contributed by atoms with van der Waals surface area (Å²) in [7, 11) is 0. The molecule has 1 unspecified atom stereocenters. The number of aromatic nitrogens is 3. The monoisotopic (exact) mass is 497 g/mol. The van der Waals surface area contributed by atoms with E-state index in [1.54, 1.807) is 21.7 Å². The SMILES string of the molecule is CC(C)CCN1C(=O)[C@]2(CC(=O)Nc3c2nnn3C(C)c2ccc(Cl)cc2)c2cc(Cl)ccc21. The first-order valence-corrected chi connectivity index (χ1v) is 12.1. The fourth-order valence-corrected chi connectivity index (χ4v) is 5.20. The molecule has 2 aliphatic rings. The van der Waals surface area contributed by atoms with Crippen molar-refractivity contribution in [3.8, 4) is 0 Å². The molecule has 0 saturated carbocycles. The number of nitrogens with zero attached hydrogens (tertiary/aromatic N) is 4. The molecule has 1 N–H and O–H groups in total. The van der Waals surface area contributed by atoms with E-state index in [4.69, 9.17) is 23.2 Å². The second-order valence-corrected chi connectivity index (χ2v) is 10.3. The zero-order valence-electron chi connectivity index (χ0n) is 19.2. The summed E-state index contributed by atoms with van der Waals surface area (Å²) >= 11 is 12.4. The van der Waals surface area contributed by atoms with Crippen LogP contribution in [0.3, 0.4) is 0 Å². The number of nitrogens with one attached hydrogen (secondary N) is 1. The van der Waals surface area contributed by atoms with Crippen molar-refractivity contribution in [2.45, 2.75) is 45.1 Å². The minimum atomic E-state index is -1.26. The number of anilines is 2. The van der Waals surface area contributed by atoms with Crippen LogP contribution < -0.4 is 10.2 Å². The van der Waals surface area contributed by atoms with Gasteiger partial charge in [0.1, 0.15) is 11.1 Å². The number of hydrogen-bond donors (Lipinski definition) is 1. The third kappa shape index (κ3) is 3.49. The minimum absolute atomic E-state index is 0.0433. The Hall–Kier alpha value is -2.90. The summed E-state index contributed by atoms with van der Waals surface area (Å²) < 4.78 is 1.66. The molecule has 2 atom stereocenters. The van der Waals surface area contributed by atoms with Crippen molar-refractivity contribution in [1.82, 2.24) is 15.0 Å². The van der Waals surface area contributed by atoms with Crippen LogP contribution in [0.5, 0.6) is 0 Å². The molecule has 0 aliphatic carbocycles. The average Bonchev–Trinajstić information content (AvgIpc) is 3.31. The van der Waals surface area contributed by atoms with E-state index in [0.717, 1.165) is 17.7 Å². The maximum Gasteiger partial charge on any atom is 0.244 e. The molecule has 3 aromatic rings. The van der Waals surface area contributed by atoms with Crippen LogP contribution in [-0.2, 0) is 15.0 Å². The van der Waals surface area contributed by atoms with Crippen molar-refractivity contribution >= 4 is 46.5 Å². The van der Waals surface area contributed by atoms with E-state index in [1.165, 1.54) is 0 Å². The number of carbonyl (C=O) groups is 2. The van der Waals surface area contributed by atoms with Gasteiger partial charge in [-0.2, -0.15) is 0 Å². The zero-order valence-corrected chi connectivity index (χ0v) is 20.7. The van der Waals surface area contributed by atoms with Crippen LogP contribution in [0.2, 0.25) is 10.0 Å². The topological polar surface area (TPSA) is 80.1 Å². The molecule has 0 saturated heterocycles. The third-order valence-electron chi connectivity index (χ3n) is 6.75. The lowest BCUT2D eigenvalue weighted by Crippen LogP contribution is -2.47. The molecule has 2 aromatic carbocycles. The fourth-order valence-electron chi connectivity index (χ4n) is 4.90. The van der Waals surface area contributed by atoms with Gasteiger partial charge in [0.25, 0.3) is 0 Å². The maximum absolute atomic E-state index is 14.1. The normalized spacial score (nSPS) is 20.0. The Morgan fingerprint density at radius 2 is 1.76 bits per heavy atom. The van der Waals surface area contributed by atoms with E-state index in [0.29, 0.717) is 39.6 Å². The maximum atomic E-state index is 14.1. The van der Waals surface area contributed by atoms with Gasteiger partial charge in [0, 0.05) is 22.3 Å². The molecule has 3 heterocycles. The number of benzene rings is 2. The minimum Gasteiger partial charge on any atom is -0.311 e. The molecule has 0 bridgehead atoms. The number of amides is 2. The molecule has 176 valence electrons. The van der Waals surface area contributed by atoms with Crippen molar-refractivity contribution in [3.63, 3.8) is 0 Å². The largest absolute Gasteiger partial charge is 0.311 e. The number of carbonyl (C=O) groups excluding carboxylic acids is 2. The summed E-state index contributed by atoms with van der Waals surface area (Å²) in [4.78, 5) is 28.9. The quantitative estimate of drug-likeness (QED) is 0.524. The first-order chi connectivity index (χ1) is 16.2. The van der Waals surface area contributed by atoms with E-state index in [9.17, 15) is 9.59 Å². The molecule has 9 heteroatoms. The average molecular weight is 498 g/mol. The molecule has 1 spiro atoms. The van der Waals surface area contributed by atoms with Crippen LogP contribution in [0.1, 0.15) is 56.5 Å². The smallest absolute Gasteiger partial charge is 0.244 e. The van der Waals surface area contributed by atoms with Crippen LogP contribution >= 0.6 is 23.2 Å². The van der Waals surface area contributed by atoms with Gasteiger partial charge in [-0.1, -0.05) is 54.4 Å². The Bertz CT molecular complexity index is 1290. The Balaban J connectivity index is 1.66. The van der Waals surface area contributed by atoms with Crippen molar-refractivity contribution in [2.24, 2.45) is 5.92 Å². The van der Waals surface area contributed by atoms with Crippen LogP contribution in [0.25, 0.3) is 0 Å². The van der Waals surface area contributed by atoms with Crippen molar-refractivity contribution in [2.75, 3.05) is 16.8 Å². The number of rotatable bonds is 5. The van der Waals surface area contributed by atoms with Crippen LogP contribution in [0, 0.1) is 5.92 Å². The van der Waals surface area contributed by atoms with Crippen LogP contribution in [0.4, 0.5) is 11.5 Å². The molecule has 7 nitrogen and oxygen atoms in total. The first-order valence-electron chi connectivity index (χ1n) is 11.4. The molecule has 2 amide bonds. The van der Waals surface area contributed by atoms with Gasteiger partial charge in [0.15, 0.2) is 5.82 Å². The van der Waals surface area contributed by atoms with Gasteiger partial charge >= 0.3 is 0 Å². The predicted octanol–water partition coefficient (Wildman–Crippen LogP) is 5.22. The Kier molecular flexibility index (Phi) is 5.65. The highest BCUT2D eigenvalue weighted by molar-refractivity contribution is 6.31. The van der Waals surface area contributed by atoms with Crippen molar-refractivity contribution < 1.29 is 9.59 Å². The number of hydrogen-bond acceptors (Lipinski definition) is 4. The standard InChI is InChI=1S/C25H25Cl2N5O2/c1-14(2)10-11-31-20-9-8-18(27)12-19(20)25(24(31)34)13-21(33)28-23-22(25)29-30-32(23)15(3)16-4-6-17(26)7-5-16/h4-9,12,14-15H,10-11,13H2,1-3H3,(H,28,33)/t15?,25-/m1/s1. The second kappa shape index (κ2) is 8.40. The molecule has 0 radical (unpaired) electrons. The van der Waals surface area contributed by atoms with Gasteiger partial charge in [-0.15, -0.1) is 5.10 Å². The van der Waals surface area contributed by atoms with Crippen molar-refractivity contribution in [1.29, 1.82) is 0 Å². The highest BCUT2D eigenvalue weighted by Gasteiger charge is 2.58. The molecular weight excluding hydrogens is 473 g/mol. The predicted molar refractivity (Wildman–Crippen MR) is 133 cm³/mol. The zero-order chi connectivity index (χ0) is 24.2. The van der Waals surface area contributed by atoms with Gasteiger partial charge in [0.05, 0.1) is 12.5 Å². The molecule has 34 heavy (non-hydrogen) atoms. The third-order valence-corrected chi connectivity index (χ3v) is 7.24. The van der Waals surface area contributed by atoms with E-state index in [1.807, 2.05) is 37.3 Å². The summed E-state index contributed by atoms with van der Waals surface area (Å²) in [5, 5.41) is 12.9. The van der Waals surface area contributed by atoms with Crippen LogP contribution in [-0.4, -0.2) is 33.4 Å². The van der Waals surface area contributed by atoms with E-state index >= 15 is 0 Å². The Morgan fingerprint density at radius 3 is 2.47 bits per heavy atom. The highest BCUT2D eigenvalue weighted by Crippen LogP contribution is 2.52. The summed E-state index contributed by atoms with van der Waals surface area (Å²) in [6.45, 7) is 6.75. The molecule has 2 aliphatic heterocycles. The molecule has 1 aromatic heterocycles. The summed E-state index contributed by atoms with van der Waals surface area (Å²) in [6.07, 6.45) is 0.793. The van der Waals surface area contributed by atoms with Gasteiger partial charge in [-0.05, 0) is 60.7 Å². The van der Waals surface area contributed by atoms with E-state index in [2.05, 4.69) is 29.5 Å². The summed E-state index contributed by atoms with van der Waals surface area (Å²) in [5.41, 5.74) is 1.62. The number of fused-ring (bicyclic) bond motifs is 4. The molecule has 0 fully saturated rings. The molecular formula is C25H25Cl2N5O2. The van der Waals surface area contributed by atoms with Gasteiger partial charge < -0.3 is 10.2 Å². The summed E-state index contributed by atoms with van der Waals surface area (Å²) in [6, 6.07) is 12.6. The Morgan fingerprint density at radius 1 is 1.06 bits per heavy atom. The van der Waals surface area contributed by atoms with Gasteiger partial charge in [0.2, 0.25) is 11.8 Å². The first kappa shape index (κ1) is 22.9. The second-order valence-electron chi connectivity index (χ2n) is 9.39. The van der Waals surface area contributed by atoms with E-state index < -0.39 is 5.41 Å². The lowest BCUT2D eigenvalue weighted by Gasteiger charge is -2.31. The van der Waals surface area contributed by atoms with Crippen molar-refractivity contribution in [3.05, 3.63) is 69.3 Å². The number of halogens is 2. The highest BCUT2D eigenvalue weighted by atomic mass is 35.5. The fraction of sp³-hybridized carbons (Fsp3) is 0.360. The van der Waals surface area contributed by atoms with Gasteiger partial charge in [-0.3, -0.25) is 9.59 Å². The Labute approximate surface area is 208 Å². The van der Waals surface area contributed by atoms with Gasteiger partial charge in [-0.25, -0.2) is 4.68 Å². The van der Waals surface area contributed by atoms with Crippen LogP contribution in [0.15, 0.2) is 42.5 Å². The lowest BCUT2D eigenvalue weighted by atomic mass is 9.73. The molecule has 5 rings (SSSR count).